The van der Waals surface area contributed by atoms with Gasteiger partial charge in [-0.15, -0.1) is 0 Å². The molecular weight excluding hydrogens is 224 g/mol. The monoisotopic (exact) mass is 242 g/mol. The molecular formula is C8H18O8. The van der Waals surface area contributed by atoms with Crippen molar-refractivity contribution in [2.24, 2.45) is 0 Å². The zero-order valence-corrected chi connectivity index (χ0v) is 8.76. The van der Waals surface area contributed by atoms with Gasteiger partial charge in [-0.2, -0.15) is 0 Å². The minimum atomic E-state index is -1.67. The van der Waals surface area contributed by atoms with Crippen molar-refractivity contribution in [2.45, 2.75) is 31.3 Å². The Morgan fingerprint density at radius 2 is 1.12 bits per heavy atom. The molecule has 0 saturated heterocycles. The summed E-state index contributed by atoms with van der Waals surface area (Å²) in [6.45, 7) is -0.368. The minimum Gasteiger partial charge on any atom is -0.481 e. The predicted molar refractivity (Wildman–Crippen MR) is 51.5 cm³/mol. The van der Waals surface area contributed by atoms with E-state index in [2.05, 4.69) is 0 Å². The number of aliphatic hydroxyl groups is 6. The summed E-state index contributed by atoms with van der Waals surface area (Å²) in [5.74, 6) is -0.833. The van der Waals surface area contributed by atoms with Gasteiger partial charge in [0.25, 0.3) is 5.97 Å². The molecule has 0 radical (unpaired) electrons. The highest BCUT2D eigenvalue weighted by Crippen LogP contribution is 2.03. The average Bonchev–Trinajstić information content (AvgIpc) is 2.24. The summed E-state index contributed by atoms with van der Waals surface area (Å²) < 4.78 is 0. The van der Waals surface area contributed by atoms with Crippen LogP contribution in [-0.2, 0) is 4.79 Å². The van der Waals surface area contributed by atoms with E-state index in [0.717, 1.165) is 6.92 Å². The van der Waals surface area contributed by atoms with Gasteiger partial charge in [-0.1, -0.05) is 0 Å². The van der Waals surface area contributed by atoms with Crippen molar-refractivity contribution in [1.29, 1.82) is 0 Å². The number of carbonyl (C=O) groups is 1. The van der Waals surface area contributed by atoms with Crippen molar-refractivity contribution in [3.8, 4) is 0 Å². The van der Waals surface area contributed by atoms with E-state index in [1.54, 1.807) is 0 Å². The van der Waals surface area contributed by atoms with Crippen LogP contribution in [0.2, 0.25) is 0 Å². The summed E-state index contributed by atoms with van der Waals surface area (Å²) in [5.41, 5.74) is 0. The second-order valence-electron chi connectivity index (χ2n) is 3.00. The molecule has 0 rings (SSSR count). The Bertz CT molecular complexity index is 167. The van der Waals surface area contributed by atoms with Gasteiger partial charge in [0.2, 0.25) is 0 Å². The maximum Gasteiger partial charge on any atom is 0.300 e. The minimum absolute atomic E-state index is 0.726. The fraction of sp³-hybridized carbons (Fsp3) is 0.875. The molecule has 98 valence electrons. The standard InChI is InChI=1S/C6H14O6.C2H4O2/c7-1-3(9)5(11)6(12)4(10)2-8;1-2(3)4/h3-12H,1-2H2;1H3,(H,3,4). The number of hydrogen-bond donors (Lipinski definition) is 7. The van der Waals surface area contributed by atoms with Crippen molar-refractivity contribution in [3.63, 3.8) is 0 Å². The van der Waals surface area contributed by atoms with E-state index < -0.39 is 43.6 Å². The molecule has 8 nitrogen and oxygen atoms in total. The van der Waals surface area contributed by atoms with Gasteiger partial charge in [-0.3, -0.25) is 4.79 Å². The highest BCUT2D eigenvalue weighted by molar-refractivity contribution is 5.62. The molecule has 0 aromatic carbocycles. The molecule has 0 aromatic rings. The van der Waals surface area contributed by atoms with Gasteiger partial charge < -0.3 is 35.7 Å². The number of carboxylic acid groups (broad SMARTS) is 1. The third kappa shape index (κ3) is 8.53. The van der Waals surface area contributed by atoms with Gasteiger partial charge in [0.1, 0.15) is 24.4 Å². The lowest BCUT2D eigenvalue weighted by Crippen LogP contribution is -2.46. The maximum absolute atomic E-state index is 9.00. The van der Waals surface area contributed by atoms with Crippen LogP contribution in [0.3, 0.4) is 0 Å². The molecule has 8 heteroatoms. The van der Waals surface area contributed by atoms with Gasteiger partial charge in [0.05, 0.1) is 13.2 Å². The van der Waals surface area contributed by atoms with Crippen molar-refractivity contribution in [1.82, 2.24) is 0 Å². The number of carboxylic acids is 1. The second kappa shape index (κ2) is 9.46. The molecule has 4 unspecified atom stereocenters. The molecule has 0 saturated carbocycles. The van der Waals surface area contributed by atoms with Crippen LogP contribution in [0.4, 0.5) is 0 Å². The molecule has 0 aliphatic carbocycles. The van der Waals surface area contributed by atoms with E-state index in [1.807, 2.05) is 0 Å². The lowest BCUT2D eigenvalue weighted by molar-refractivity contribution is -0.134. The third-order valence-electron chi connectivity index (χ3n) is 1.51. The van der Waals surface area contributed by atoms with Crippen LogP contribution in [0.25, 0.3) is 0 Å². The molecule has 0 aromatic heterocycles. The molecule has 0 aliphatic rings. The second-order valence-corrected chi connectivity index (χ2v) is 3.00. The molecule has 4 atom stereocenters. The Balaban J connectivity index is 0. The first-order valence-corrected chi connectivity index (χ1v) is 4.41. The fourth-order valence-electron chi connectivity index (χ4n) is 0.671. The number of hydrogen-bond acceptors (Lipinski definition) is 7. The number of rotatable bonds is 5. The van der Waals surface area contributed by atoms with E-state index in [-0.39, 0.29) is 0 Å². The molecule has 7 N–H and O–H groups in total. The molecule has 0 amide bonds. The van der Waals surface area contributed by atoms with E-state index in [9.17, 15) is 0 Å². The first-order chi connectivity index (χ1) is 7.27. The van der Waals surface area contributed by atoms with Crippen LogP contribution < -0.4 is 0 Å². The van der Waals surface area contributed by atoms with Crippen LogP contribution in [0.15, 0.2) is 0 Å². The van der Waals surface area contributed by atoms with Gasteiger partial charge in [0, 0.05) is 6.92 Å². The largest absolute Gasteiger partial charge is 0.481 e. The Kier molecular flexibility index (Phi) is 10.4. The summed E-state index contributed by atoms with van der Waals surface area (Å²) in [7, 11) is 0. The average molecular weight is 242 g/mol. The van der Waals surface area contributed by atoms with E-state index >= 15 is 0 Å². The topological polar surface area (TPSA) is 159 Å². The van der Waals surface area contributed by atoms with Crippen LogP contribution in [0.1, 0.15) is 6.92 Å². The van der Waals surface area contributed by atoms with Crippen molar-refractivity contribution in [2.75, 3.05) is 13.2 Å². The van der Waals surface area contributed by atoms with E-state index in [0.29, 0.717) is 0 Å². The van der Waals surface area contributed by atoms with E-state index in [4.69, 9.17) is 40.5 Å². The Morgan fingerprint density at radius 3 is 1.25 bits per heavy atom. The van der Waals surface area contributed by atoms with Crippen molar-refractivity contribution in [3.05, 3.63) is 0 Å². The Hall–Kier alpha value is -0.770. The summed E-state index contributed by atoms with van der Waals surface area (Å²) in [6, 6.07) is 0. The summed E-state index contributed by atoms with van der Waals surface area (Å²) in [6.07, 6.45) is -6.39. The summed E-state index contributed by atoms with van der Waals surface area (Å²) in [5, 5.41) is 59.6. The van der Waals surface area contributed by atoms with Crippen LogP contribution >= 0.6 is 0 Å². The normalized spacial score (nSPS) is 17.7. The smallest absolute Gasteiger partial charge is 0.300 e. The summed E-state index contributed by atoms with van der Waals surface area (Å²) >= 11 is 0. The van der Waals surface area contributed by atoms with Crippen LogP contribution in [0.5, 0.6) is 0 Å². The Morgan fingerprint density at radius 1 is 0.938 bits per heavy atom. The predicted octanol–water partition coefficient (Wildman–Crippen LogP) is -3.49. The van der Waals surface area contributed by atoms with Crippen molar-refractivity contribution < 1.29 is 40.5 Å². The molecule has 0 fully saturated rings. The highest BCUT2D eigenvalue weighted by atomic mass is 16.4. The zero-order valence-electron chi connectivity index (χ0n) is 8.76. The number of aliphatic hydroxyl groups excluding tert-OH is 6. The lowest BCUT2D eigenvalue weighted by atomic mass is 10.0. The van der Waals surface area contributed by atoms with Crippen molar-refractivity contribution >= 4 is 5.97 Å². The van der Waals surface area contributed by atoms with Gasteiger partial charge in [0.15, 0.2) is 0 Å². The lowest BCUT2D eigenvalue weighted by Gasteiger charge is -2.24. The first-order valence-electron chi connectivity index (χ1n) is 4.41. The summed E-state index contributed by atoms with van der Waals surface area (Å²) in [4.78, 5) is 9.00. The molecule has 0 bridgehead atoms. The first kappa shape index (κ1) is 17.6. The number of aliphatic carboxylic acids is 1. The van der Waals surface area contributed by atoms with Gasteiger partial charge >= 0.3 is 0 Å². The quantitative estimate of drug-likeness (QED) is 0.261. The van der Waals surface area contributed by atoms with Gasteiger partial charge in [-0.05, 0) is 0 Å². The van der Waals surface area contributed by atoms with Crippen LogP contribution in [-0.4, -0.2) is 79.3 Å². The molecule has 0 aliphatic heterocycles. The Labute approximate surface area is 92.0 Å². The van der Waals surface area contributed by atoms with Crippen LogP contribution in [0, 0.1) is 0 Å². The SMILES string of the molecule is CC(=O)O.OCC(O)C(O)C(O)C(O)CO. The maximum atomic E-state index is 9.00. The molecule has 0 spiro atoms. The van der Waals surface area contributed by atoms with Gasteiger partial charge in [-0.25, -0.2) is 0 Å². The molecule has 0 heterocycles. The van der Waals surface area contributed by atoms with E-state index in [1.165, 1.54) is 0 Å². The highest BCUT2D eigenvalue weighted by Gasteiger charge is 2.29. The zero-order chi connectivity index (χ0) is 13.3. The third-order valence-corrected chi connectivity index (χ3v) is 1.51. The fourth-order valence-corrected chi connectivity index (χ4v) is 0.671. The molecule has 16 heavy (non-hydrogen) atoms.